The van der Waals surface area contributed by atoms with E-state index in [1.807, 2.05) is 19.2 Å². The Kier molecular flexibility index (Phi) is 10.6. The lowest BCUT2D eigenvalue weighted by molar-refractivity contribution is -0.376. The molecule has 0 aliphatic carbocycles. The number of halogens is 12. The predicted molar refractivity (Wildman–Crippen MR) is 157 cm³/mol. The third-order valence-corrected chi connectivity index (χ3v) is 7.24. The van der Waals surface area contributed by atoms with Crippen molar-refractivity contribution in [2.75, 3.05) is 10.6 Å². The zero-order valence-electron chi connectivity index (χ0n) is 26.6. The largest absolute Gasteiger partial charge is 0.457 e. The zero-order valence-corrected chi connectivity index (χ0v) is 26.6. The fourth-order valence-electron chi connectivity index (χ4n) is 4.68. The van der Waals surface area contributed by atoms with Gasteiger partial charge >= 0.3 is 24.7 Å². The van der Waals surface area contributed by atoms with Crippen molar-refractivity contribution < 1.29 is 72.4 Å². The summed E-state index contributed by atoms with van der Waals surface area (Å²) in [7, 11) is 0. The lowest BCUT2D eigenvalue weighted by atomic mass is 9.89. The molecule has 0 fully saturated rings. The fourth-order valence-corrected chi connectivity index (χ4v) is 4.68. The van der Waals surface area contributed by atoms with Crippen molar-refractivity contribution in [2.24, 2.45) is 0 Å². The number of carbonyl (C=O) groups is 1. The standard InChI is InChI=1S/C32H30F12N2O4/c1-16(2)17-6-8-18(9-7-17)25(47)45-23-12-10-19(14-21(23)27(48,29(33,34)35)30(36,37)38)50-20-11-13-24(46-26(3,4)5)22(15-20)28(49,31(39,40)41)32(42,43)44/h6-16,46,48-49H,1-5H3,(H,45,47). The highest BCUT2D eigenvalue weighted by molar-refractivity contribution is 6.04. The van der Waals surface area contributed by atoms with Crippen molar-refractivity contribution in [3.63, 3.8) is 0 Å². The Bertz CT molecular complexity index is 1660. The number of anilines is 2. The summed E-state index contributed by atoms with van der Waals surface area (Å²) >= 11 is 0. The number of carbonyl (C=O) groups excluding carboxylic acids is 1. The van der Waals surface area contributed by atoms with E-state index < -0.39 is 81.4 Å². The molecule has 50 heavy (non-hydrogen) atoms. The molecular formula is C32H30F12N2O4. The van der Waals surface area contributed by atoms with Crippen LogP contribution >= 0.6 is 0 Å². The second-order valence-corrected chi connectivity index (χ2v) is 12.5. The number of nitrogens with one attached hydrogen (secondary N) is 2. The minimum atomic E-state index is -6.49. The van der Waals surface area contributed by atoms with Gasteiger partial charge in [-0.05, 0) is 80.8 Å². The van der Waals surface area contributed by atoms with Gasteiger partial charge in [0.1, 0.15) is 11.5 Å². The van der Waals surface area contributed by atoms with E-state index in [1.165, 1.54) is 45.0 Å². The van der Waals surface area contributed by atoms with Crippen LogP contribution in [0.25, 0.3) is 0 Å². The van der Waals surface area contributed by atoms with Crippen LogP contribution in [-0.2, 0) is 11.2 Å². The number of ether oxygens (including phenoxy) is 1. The van der Waals surface area contributed by atoms with Gasteiger partial charge < -0.3 is 25.6 Å². The molecule has 0 aliphatic rings. The van der Waals surface area contributed by atoms with Crippen molar-refractivity contribution in [1.82, 2.24) is 0 Å². The van der Waals surface area contributed by atoms with Gasteiger partial charge in [0.25, 0.3) is 17.1 Å². The van der Waals surface area contributed by atoms with Crippen molar-refractivity contribution in [2.45, 2.75) is 82.0 Å². The molecule has 0 spiro atoms. The van der Waals surface area contributed by atoms with E-state index in [0.717, 1.165) is 11.6 Å². The van der Waals surface area contributed by atoms with E-state index in [9.17, 15) is 67.7 Å². The molecule has 0 aromatic heterocycles. The van der Waals surface area contributed by atoms with Gasteiger partial charge in [0.2, 0.25) is 0 Å². The van der Waals surface area contributed by atoms with Gasteiger partial charge in [-0.25, -0.2) is 0 Å². The maximum Gasteiger partial charge on any atom is 0.430 e. The van der Waals surface area contributed by atoms with Gasteiger partial charge in [-0.15, -0.1) is 0 Å². The third kappa shape index (κ3) is 7.90. The smallest absolute Gasteiger partial charge is 0.430 e. The molecule has 3 aromatic rings. The monoisotopic (exact) mass is 734 g/mol. The maximum atomic E-state index is 14.0. The van der Waals surface area contributed by atoms with Crippen LogP contribution in [0.3, 0.4) is 0 Å². The number of hydrogen-bond donors (Lipinski definition) is 4. The summed E-state index contributed by atoms with van der Waals surface area (Å²) in [4.78, 5) is 12.9. The van der Waals surface area contributed by atoms with E-state index in [4.69, 9.17) is 4.74 Å². The molecule has 0 heterocycles. The molecule has 0 saturated carbocycles. The second-order valence-electron chi connectivity index (χ2n) is 12.5. The van der Waals surface area contributed by atoms with Crippen molar-refractivity contribution >= 4 is 17.3 Å². The molecule has 6 nitrogen and oxygen atoms in total. The highest BCUT2D eigenvalue weighted by atomic mass is 19.4. The normalized spacial score (nSPS) is 13.8. The molecule has 4 N–H and O–H groups in total. The van der Waals surface area contributed by atoms with E-state index in [-0.39, 0.29) is 23.6 Å². The van der Waals surface area contributed by atoms with Gasteiger partial charge in [-0.3, -0.25) is 4.79 Å². The van der Waals surface area contributed by atoms with E-state index in [2.05, 4.69) is 5.32 Å². The summed E-state index contributed by atoms with van der Waals surface area (Å²) in [6.45, 7) is 7.68. The number of amides is 1. The van der Waals surface area contributed by atoms with E-state index in [1.54, 1.807) is 0 Å². The minimum absolute atomic E-state index is 0.00223. The Morgan fingerprint density at radius 2 is 1.00 bits per heavy atom. The van der Waals surface area contributed by atoms with Crippen LogP contribution in [0.15, 0.2) is 60.7 Å². The number of alkyl halides is 12. The molecule has 0 aliphatic heterocycles. The molecule has 276 valence electrons. The molecule has 0 atom stereocenters. The highest BCUT2D eigenvalue weighted by Crippen LogP contribution is 2.54. The van der Waals surface area contributed by atoms with Crippen LogP contribution in [0.2, 0.25) is 0 Å². The van der Waals surface area contributed by atoms with Gasteiger partial charge in [-0.2, -0.15) is 52.7 Å². The topological polar surface area (TPSA) is 90.8 Å². The minimum Gasteiger partial charge on any atom is -0.457 e. The summed E-state index contributed by atoms with van der Waals surface area (Å²) in [6, 6.07) is 7.86. The first-order valence-electron chi connectivity index (χ1n) is 14.3. The molecule has 1 amide bonds. The van der Waals surface area contributed by atoms with Crippen LogP contribution < -0.4 is 15.4 Å². The molecule has 3 aromatic carbocycles. The second kappa shape index (κ2) is 13.2. The maximum absolute atomic E-state index is 14.0. The van der Waals surface area contributed by atoms with Crippen LogP contribution in [-0.4, -0.2) is 46.4 Å². The molecule has 3 rings (SSSR count). The first kappa shape index (κ1) is 40.2. The first-order valence-corrected chi connectivity index (χ1v) is 14.3. The first-order chi connectivity index (χ1) is 22.4. The van der Waals surface area contributed by atoms with Crippen LogP contribution in [0.1, 0.15) is 67.6 Å². The van der Waals surface area contributed by atoms with E-state index >= 15 is 0 Å². The Morgan fingerprint density at radius 3 is 1.36 bits per heavy atom. The molecular weight excluding hydrogens is 704 g/mol. The van der Waals surface area contributed by atoms with Crippen LogP contribution in [0.4, 0.5) is 64.1 Å². The lowest BCUT2D eigenvalue weighted by Gasteiger charge is -2.36. The average molecular weight is 735 g/mol. The highest BCUT2D eigenvalue weighted by Gasteiger charge is 2.73. The molecule has 0 saturated heterocycles. The van der Waals surface area contributed by atoms with Crippen molar-refractivity contribution in [3.05, 3.63) is 82.9 Å². The quantitative estimate of drug-likeness (QED) is 0.173. The van der Waals surface area contributed by atoms with Crippen molar-refractivity contribution in [3.8, 4) is 11.5 Å². The third-order valence-electron chi connectivity index (χ3n) is 7.24. The molecule has 0 bridgehead atoms. The Balaban J connectivity index is 2.24. The number of hydrogen-bond acceptors (Lipinski definition) is 5. The summed E-state index contributed by atoms with van der Waals surface area (Å²) < 4.78 is 173. The summed E-state index contributed by atoms with van der Waals surface area (Å²) in [5.74, 6) is -3.28. The van der Waals surface area contributed by atoms with Gasteiger partial charge in [-0.1, -0.05) is 26.0 Å². The molecule has 18 heteroatoms. The average Bonchev–Trinajstić information content (AvgIpc) is 2.94. The SMILES string of the molecule is CC(C)c1ccc(C(=O)Nc2ccc(Oc3ccc(NC(C)(C)C)c(C(O)(C(F)(F)F)C(F)(F)F)c3)cc2C(O)(C(F)(F)F)C(F)(F)F)cc1. The van der Waals surface area contributed by atoms with Crippen molar-refractivity contribution in [1.29, 1.82) is 0 Å². The summed E-state index contributed by atoms with van der Waals surface area (Å²) in [6.07, 6.45) is -25.8. The Morgan fingerprint density at radius 1 is 0.620 bits per heavy atom. The van der Waals surface area contributed by atoms with Crippen LogP contribution in [0.5, 0.6) is 11.5 Å². The summed E-state index contributed by atoms with van der Waals surface area (Å²) in [5.41, 5.74) is -17.9. The summed E-state index contributed by atoms with van der Waals surface area (Å²) in [5, 5.41) is 24.6. The lowest BCUT2D eigenvalue weighted by Crippen LogP contribution is -2.54. The van der Waals surface area contributed by atoms with Gasteiger partial charge in [0, 0.05) is 33.6 Å². The van der Waals surface area contributed by atoms with E-state index in [0.29, 0.717) is 18.2 Å². The van der Waals surface area contributed by atoms with Crippen LogP contribution in [0, 0.1) is 0 Å². The number of rotatable bonds is 8. The Labute approximate surface area is 277 Å². The van der Waals surface area contributed by atoms with Gasteiger partial charge in [0.05, 0.1) is 0 Å². The van der Waals surface area contributed by atoms with Gasteiger partial charge in [0.15, 0.2) is 0 Å². The number of benzene rings is 3. The fraction of sp³-hybridized carbons (Fsp3) is 0.406. The molecule has 0 radical (unpaired) electrons. The zero-order chi connectivity index (χ0) is 38.5. The molecule has 0 unspecified atom stereocenters. The Hall–Kier alpha value is -4.19. The predicted octanol–water partition coefficient (Wildman–Crippen LogP) is 9.69. The number of aliphatic hydroxyl groups is 2.